The molecule has 0 spiro atoms. The summed E-state index contributed by atoms with van der Waals surface area (Å²) in [6.07, 6.45) is -0.0619. The lowest BCUT2D eigenvalue weighted by molar-refractivity contribution is -0.116. The Labute approximate surface area is 108 Å². The fraction of sp³-hybridized carbons (Fsp3) is 0.231. The molecule has 0 N–H and O–H groups in total. The fourth-order valence-electron chi connectivity index (χ4n) is 1.73. The van der Waals surface area contributed by atoms with E-state index in [9.17, 15) is 14.4 Å². The van der Waals surface area contributed by atoms with Crippen molar-refractivity contribution in [2.24, 2.45) is 0 Å². The molecule has 0 saturated carbocycles. The first-order valence-corrected chi connectivity index (χ1v) is 5.53. The number of aromatic nitrogens is 1. The average molecular weight is 261 g/mol. The standard InChI is InChI=1S/C13H11NO5/c1-7(15)6-10-14-9-5-3-4-8(12(16)18-2)11(9)13(17)19-10/h3-5H,6H2,1-2H3. The lowest BCUT2D eigenvalue weighted by atomic mass is 10.1. The normalized spacial score (nSPS) is 10.4. The van der Waals surface area contributed by atoms with E-state index in [0.29, 0.717) is 5.52 Å². The van der Waals surface area contributed by atoms with Gasteiger partial charge in [0, 0.05) is 0 Å². The second-order valence-corrected chi connectivity index (χ2v) is 3.97. The van der Waals surface area contributed by atoms with Gasteiger partial charge < -0.3 is 9.15 Å². The molecule has 1 heterocycles. The predicted octanol–water partition coefficient (Wildman–Crippen LogP) is 1.11. The number of hydrogen-bond donors (Lipinski definition) is 0. The van der Waals surface area contributed by atoms with Crippen molar-refractivity contribution < 1.29 is 18.7 Å². The summed E-state index contributed by atoms with van der Waals surface area (Å²) in [5.74, 6) is -0.773. The molecule has 0 amide bonds. The Kier molecular flexibility index (Phi) is 3.41. The van der Waals surface area contributed by atoms with Gasteiger partial charge in [-0.3, -0.25) is 4.79 Å². The minimum Gasteiger partial charge on any atom is -0.465 e. The van der Waals surface area contributed by atoms with E-state index >= 15 is 0 Å². The smallest absolute Gasteiger partial charge is 0.347 e. The molecule has 19 heavy (non-hydrogen) atoms. The quantitative estimate of drug-likeness (QED) is 0.769. The van der Waals surface area contributed by atoms with E-state index in [1.807, 2.05) is 0 Å². The first kappa shape index (κ1) is 12.9. The molecule has 2 aromatic rings. The molecule has 2 rings (SSSR count). The molecule has 0 fully saturated rings. The van der Waals surface area contributed by atoms with Crippen LogP contribution in [0.2, 0.25) is 0 Å². The number of rotatable bonds is 3. The highest BCUT2D eigenvalue weighted by Crippen LogP contribution is 2.15. The van der Waals surface area contributed by atoms with Gasteiger partial charge in [-0.2, -0.15) is 0 Å². The summed E-state index contributed by atoms with van der Waals surface area (Å²) in [7, 11) is 1.22. The lowest BCUT2D eigenvalue weighted by Crippen LogP contribution is -2.12. The van der Waals surface area contributed by atoms with Crippen LogP contribution >= 0.6 is 0 Å². The van der Waals surface area contributed by atoms with Gasteiger partial charge in [0.2, 0.25) is 5.89 Å². The van der Waals surface area contributed by atoms with Gasteiger partial charge in [0.1, 0.15) is 11.2 Å². The van der Waals surface area contributed by atoms with E-state index in [-0.39, 0.29) is 29.0 Å². The number of ether oxygens (including phenoxy) is 1. The Balaban J connectivity index is 2.69. The average Bonchev–Trinajstić information content (AvgIpc) is 2.36. The van der Waals surface area contributed by atoms with E-state index in [4.69, 9.17) is 4.42 Å². The summed E-state index contributed by atoms with van der Waals surface area (Å²) in [5, 5.41) is 0.0571. The van der Waals surface area contributed by atoms with Crippen molar-refractivity contribution in [3.63, 3.8) is 0 Å². The van der Waals surface area contributed by atoms with Gasteiger partial charge in [-0.05, 0) is 19.1 Å². The highest BCUT2D eigenvalue weighted by molar-refractivity contribution is 6.02. The molecule has 0 aliphatic rings. The highest BCUT2D eigenvalue weighted by Gasteiger charge is 2.16. The molecule has 0 saturated heterocycles. The van der Waals surface area contributed by atoms with Crippen LogP contribution in [0.25, 0.3) is 10.9 Å². The van der Waals surface area contributed by atoms with E-state index < -0.39 is 11.6 Å². The van der Waals surface area contributed by atoms with Gasteiger partial charge in [0.15, 0.2) is 0 Å². The van der Waals surface area contributed by atoms with Crippen LogP contribution in [0.15, 0.2) is 27.4 Å². The molecule has 6 heteroatoms. The molecule has 98 valence electrons. The molecule has 0 unspecified atom stereocenters. The topological polar surface area (TPSA) is 86.5 Å². The van der Waals surface area contributed by atoms with Crippen LogP contribution in [-0.2, 0) is 16.0 Å². The van der Waals surface area contributed by atoms with Gasteiger partial charge >= 0.3 is 11.6 Å². The van der Waals surface area contributed by atoms with E-state index in [1.165, 1.54) is 20.1 Å². The summed E-state index contributed by atoms with van der Waals surface area (Å²) >= 11 is 0. The highest BCUT2D eigenvalue weighted by atomic mass is 16.5. The number of ketones is 1. The van der Waals surface area contributed by atoms with Gasteiger partial charge in [0.05, 0.1) is 24.6 Å². The first-order chi connectivity index (χ1) is 9.02. The molecule has 6 nitrogen and oxygen atoms in total. The summed E-state index contributed by atoms with van der Waals surface area (Å²) in [6, 6.07) is 4.61. The number of carbonyl (C=O) groups is 2. The summed E-state index contributed by atoms with van der Waals surface area (Å²) in [5.41, 5.74) is -0.312. The lowest BCUT2D eigenvalue weighted by Gasteiger charge is -2.04. The van der Waals surface area contributed by atoms with Crippen molar-refractivity contribution in [3.05, 3.63) is 40.1 Å². The number of carbonyl (C=O) groups excluding carboxylic acids is 2. The summed E-state index contributed by atoms with van der Waals surface area (Å²) in [4.78, 5) is 38.5. The maximum atomic E-state index is 11.9. The number of Topliss-reactive ketones (excluding diaryl/α,β-unsaturated/α-hetero) is 1. The zero-order valence-electron chi connectivity index (χ0n) is 10.4. The van der Waals surface area contributed by atoms with E-state index in [0.717, 1.165) is 0 Å². The second kappa shape index (κ2) is 5.01. The number of methoxy groups -OCH3 is 1. The van der Waals surface area contributed by atoms with Crippen molar-refractivity contribution in [1.29, 1.82) is 0 Å². The monoisotopic (exact) mass is 261 g/mol. The molecule has 1 aromatic carbocycles. The van der Waals surface area contributed by atoms with Crippen molar-refractivity contribution >= 4 is 22.7 Å². The number of hydrogen-bond acceptors (Lipinski definition) is 6. The third-order valence-corrected chi connectivity index (χ3v) is 2.51. The second-order valence-electron chi connectivity index (χ2n) is 3.97. The molecule has 1 aromatic heterocycles. The molecule has 0 aliphatic carbocycles. The Morgan fingerprint density at radius 2 is 2.11 bits per heavy atom. The van der Waals surface area contributed by atoms with Gasteiger partial charge in [0.25, 0.3) is 0 Å². The van der Waals surface area contributed by atoms with Crippen LogP contribution in [0.5, 0.6) is 0 Å². The summed E-state index contributed by atoms with van der Waals surface area (Å²) in [6.45, 7) is 1.37. The van der Waals surface area contributed by atoms with Crippen LogP contribution in [-0.4, -0.2) is 23.8 Å². The molecular weight excluding hydrogens is 250 g/mol. The minimum atomic E-state index is -0.706. The maximum absolute atomic E-state index is 11.9. The van der Waals surface area contributed by atoms with Gasteiger partial charge in [-0.1, -0.05) is 6.07 Å². The Morgan fingerprint density at radius 3 is 2.74 bits per heavy atom. The molecule has 0 aliphatic heterocycles. The zero-order chi connectivity index (χ0) is 14.0. The van der Waals surface area contributed by atoms with Crippen molar-refractivity contribution in [1.82, 2.24) is 4.98 Å². The Bertz CT molecular complexity index is 717. The Morgan fingerprint density at radius 1 is 1.37 bits per heavy atom. The van der Waals surface area contributed by atoms with Crippen LogP contribution in [0.1, 0.15) is 23.2 Å². The minimum absolute atomic E-state index is 0.0343. The number of esters is 1. The molecular formula is C13H11NO5. The third-order valence-electron chi connectivity index (χ3n) is 2.51. The van der Waals surface area contributed by atoms with E-state index in [1.54, 1.807) is 12.1 Å². The van der Waals surface area contributed by atoms with Gasteiger partial charge in [-0.25, -0.2) is 14.6 Å². The van der Waals surface area contributed by atoms with Gasteiger partial charge in [-0.15, -0.1) is 0 Å². The van der Waals surface area contributed by atoms with Crippen molar-refractivity contribution in [2.75, 3.05) is 7.11 Å². The maximum Gasteiger partial charge on any atom is 0.347 e. The number of nitrogens with zero attached hydrogens (tertiary/aromatic N) is 1. The first-order valence-electron chi connectivity index (χ1n) is 5.53. The zero-order valence-corrected chi connectivity index (χ0v) is 10.4. The molecule has 0 atom stereocenters. The molecule has 0 radical (unpaired) electrons. The van der Waals surface area contributed by atoms with Crippen LogP contribution < -0.4 is 5.63 Å². The fourth-order valence-corrected chi connectivity index (χ4v) is 1.73. The third kappa shape index (κ3) is 2.52. The van der Waals surface area contributed by atoms with E-state index in [2.05, 4.69) is 9.72 Å². The van der Waals surface area contributed by atoms with Crippen LogP contribution in [0.3, 0.4) is 0 Å². The predicted molar refractivity (Wildman–Crippen MR) is 66.0 cm³/mol. The van der Waals surface area contributed by atoms with Crippen molar-refractivity contribution in [3.8, 4) is 0 Å². The summed E-state index contributed by atoms with van der Waals surface area (Å²) < 4.78 is 9.53. The van der Waals surface area contributed by atoms with Crippen LogP contribution in [0, 0.1) is 0 Å². The van der Waals surface area contributed by atoms with Crippen LogP contribution in [0.4, 0.5) is 0 Å². The Hall–Kier alpha value is -2.50. The number of benzene rings is 1. The molecule has 0 bridgehead atoms. The number of fused-ring (bicyclic) bond motifs is 1. The largest absolute Gasteiger partial charge is 0.465 e. The SMILES string of the molecule is COC(=O)c1cccc2nc(CC(C)=O)oc(=O)c12. The van der Waals surface area contributed by atoms with Crippen molar-refractivity contribution in [2.45, 2.75) is 13.3 Å².